The second-order valence-electron chi connectivity index (χ2n) is 6.83. The number of carbonyl (C=O) groups excluding carboxylic acids is 1. The molecule has 0 aliphatic carbocycles. The first-order valence-corrected chi connectivity index (χ1v) is 13.8. The summed E-state index contributed by atoms with van der Waals surface area (Å²) in [6.45, 7) is 8.35. The summed E-state index contributed by atoms with van der Waals surface area (Å²) in [7, 11) is -4.77. The fourth-order valence-electron chi connectivity index (χ4n) is 3.17. The Bertz CT molecular complexity index is 774. The molecule has 1 aliphatic rings. The fourth-order valence-corrected chi connectivity index (χ4v) is 11.6. The second kappa shape index (κ2) is 6.03. The maximum atomic E-state index is 13.1. The highest BCUT2D eigenvalue weighted by atomic mass is 28.4. The summed E-state index contributed by atoms with van der Waals surface area (Å²) >= 11 is 0. The summed E-state index contributed by atoms with van der Waals surface area (Å²) in [4.78, 5) is 13.1. The lowest BCUT2D eigenvalue weighted by molar-refractivity contribution is 0.0895. The van der Waals surface area contributed by atoms with E-state index in [4.69, 9.17) is 9.08 Å². The first-order chi connectivity index (χ1) is 11.3. The van der Waals surface area contributed by atoms with Gasteiger partial charge in [-0.25, -0.2) is 0 Å². The molecule has 0 saturated carbocycles. The minimum absolute atomic E-state index is 0.0276. The zero-order chi connectivity index (χ0) is 17.4. The Labute approximate surface area is 145 Å². The third-order valence-electron chi connectivity index (χ3n) is 4.05. The van der Waals surface area contributed by atoms with Gasteiger partial charge in [-0.1, -0.05) is 36.4 Å². The van der Waals surface area contributed by atoms with E-state index in [0.29, 0.717) is 11.5 Å². The van der Waals surface area contributed by atoms with Crippen LogP contribution in [-0.4, -0.2) is 32.9 Å². The van der Waals surface area contributed by atoms with Crippen LogP contribution in [0.25, 0.3) is 0 Å². The number of rotatable bonds is 2. The average molecular weight is 355 g/mol. The van der Waals surface area contributed by atoms with Crippen molar-refractivity contribution in [3.63, 3.8) is 0 Å². The lowest BCUT2D eigenvalue weighted by Gasteiger charge is -2.47. The number of nitrogens with zero attached hydrogens (tertiary/aromatic N) is 2. The van der Waals surface area contributed by atoms with Crippen LogP contribution in [0.1, 0.15) is 15.9 Å². The van der Waals surface area contributed by atoms with E-state index in [1.54, 1.807) is 0 Å². The van der Waals surface area contributed by atoms with Gasteiger partial charge in [0, 0.05) is 11.1 Å². The quantitative estimate of drug-likeness (QED) is 0.765. The minimum atomic E-state index is -2.43. The molecule has 0 aromatic heterocycles. The van der Waals surface area contributed by atoms with Crippen LogP contribution in [0.5, 0.6) is 0 Å². The summed E-state index contributed by atoms with van der Waals surface area (Å²) in [6, 6.07) is 19.3. The Morgan fingerprint density at radius 2 is 1.46 bits per heavy atom. The molecule has 0 unspecified atom stereocenters. The molecule has 0 N–H and O–H groups in total. The predicted molar refractivity (Wildman–Crippen MR) is 102 cm³/mol. The Kier molecular flexibility index (Phi) is 4.19. The Balaban J connectivity index is 2.03. The van der Waals surface area contributed by atoms with Crippen molar-refractivity contribution in [2.24, 2.45) is 4.66 Å². The Hall–Kier alpha value is -2.19. The van der Waals surface area contributed by atoms with Crippen LogP contribution in [0, 0.1) is 0 Å². The Morgan fingerprint density at radius 1 is 0.917 bits per heavy atom. The van der Waals surface area contributed by atoms with Gasteiger partial charge in [0.05, 0.1) is 0 Å². The number of carbonyl (C=O) groups is 1. The highest BCUT2D eigenvalue weighted by Crippen LogP contribution is 2.30. The third-order valence-corrected chi connectivity index (χ3v) is 11.3. The molecule has 6 heteroatoms. The van der Waals surface area contributed by atoms with Crippen LogP contribution in [0.2, 0.25) is 26.2 Å². The predicted octanol–water partition coefficient (Wildman–Crippen LogP) is 4.01. The van der Waals surface area contributed by atoms with E-state index in [1.807, 2.05) is 64.9 Å². The highest BCUT2D eigenvalue weighted by molar-refractivity contribution is 6.93. The van der Waals surface area contributed by atoms with Crippen LogP contribution >= 0.6 is 0 Å². The molecule has 3 rings (SSSR count). The van der Waals surface area contributed by atoms with Gasteiger partial charge < -0.3 is 8.66 Å². The zero-order valence-electron chi connectivity index (χ0n) is 14.5. The average Bonchev–Trinajstić information content (AvgIpc) is 2.54. The van der Waals surface area contributed by atoms with E-state index in [-0.39, 0.29) is 5.91 Å². The molecule has 2 aromatic carbocycles. The van der Waals surface area contributed by atoms with Crippen LogP contribution < -0.4 is 0 Å². The van der Waals surface area contributed by atoms with Gasteiger partial charge in [0.15, 0.2) is 5.90 Å². The van der Waals surface area contributed by atoms with E-state index in [0.717, 1.165) is 5.56 Å². The lowest BCUT2D eigenvalue weighted by Crippen LogP contribution is -2.68. The molecule has 1 aliphatic heterocycles. The molecule has 4 nitrogen and oxygen atoms in total. The van der Waals surface area contributed by atoms with Crippen molar-refractivity contribution in [3.05, 3.63) is 71.8 Å². The first kappa shape index (κ1) is 16.7. The van der Waals surface area contributed by atoms with Gasteiger partial charge in [0.25, 0.3) is 8.40 Å². The maximum Gasteiger partial charge on any atom is 0.351 e. The van der Waals surface area contributed by atoms with Crippen molar-refractivity contribution in [1.29, 1.82) is 0 Å². The van der Waals surface area contributed by atoms with Crippen molar-refractivity contribution >= 4 is 28.7 Å². The topological polar surface area (TPSA) is 41.9 Å². The standard InChI is InChI=1S/C18H22N2O2Si2/c1-23(2)19-17(15-11-7-5-8-12-15)22-24(3,4)20(23)18(21)16-13-9-6-10-14-16/h5-14H,1-4H3. The summed E-state index contributed by atoms with van der Waals surface area (Å²) < 4.78 is 13.1. The molecule has 0 spiro atoms. The van der Waals surface area contributed by atoms with Gasteiger partial charge in [-0.05, 0) is 50.5 Å². The van der Waals surface area contributed by atoms with Crippen molar-refractivity contribution in [2.45, 2.75) is 26.2 Å². The summed E-state index contributed by atoms with van der Waals surface area (Å²) in [6.07, 6.45) is 0. The van der Waals surface area contributed by atoms with Gasteiger partial charge in [-0.15, -0.1) is 0 Å². The Morgan fingerprint density at radius 3 is 2.00 bits per heavy atom. The van der Waals surface area contributed by atoms with Crippen molar-refractivity contribution in [2.75, 3.05) is 0 Å². The number of amides is 1. The molecule has 24 heavy (non-hydrogen) atoms. The number of hydrogen-bond donors (Lipinski definition) is 0. The largest absolute Gasteiger partial charge is 0.512 e. The van der Waals surface area contributed by atoms with Gasteiger partial charge in [-0.3, -0.25) is 9.45 Å². The van der Waals surface area contributed by atoms with Gasteiger partial charge >= 0.3 is 8.48 Å². The summed E-state index contributed by atoms with van der Waals surface area (Å²) in [5.41, 5.74) is 1.67. The van der Waals surface area contributed by atoms with Crippen molar-refractivity contribution in [1.82, 2.24) is 4.23 Å². The first-order valence-electron chi connectivity index (χ1n) is 8.05. The normalized spacial score (nSPS) is 18.5. The molecular formula is C18H22N2O2Si2. The molecule has 2 aromatic rings. The van der Waals surface area contributed by atoms with Crippen LogP contribution in [0.15, 0.2) is 65.3 Å². The van der Waals surface area contributed by atoms with Gasteiger partial charge in [0.1, 0.15) is 0 Å². The molecule has 0 radical (unpaired) electrons. The molecule has 0 atom stereocenters. The second-order valence-corrected chi connectivity index (χ2v) is 14.5. The van der Waals surface area contributed by atoms with E-state index < -0.39 is 16.9 Å². The van der Waals surface area contributed by atoms with Gasteiger partial charge in [-0.2, -0.15) is 0 Å². The van der Waals surface area contributed by atoms with Crippen LogP contribution in [-0.2, 0) is 4.43 Å². The maximum absolute atomic E-state index is 13.1. The summed E-state index contributed by atoms with van der Waals surface area (Å²) in [5.74, 6) is 0.709. The smallest absolute Gasteiger partial charge is 0.351 e. The van der Waals surface area contributed by atoms with E-state index in [2.05, 4.69) is 26.2 Å². The van der Waals surface area contributed by atoms with Crippen molar-refractivity contribution < 1.29 is 9.22 Å². The van der Waals surface area contributed by atoms with E-state index >= 15 is 0 Å². The fraction of sp³-hybridized carbons (Fsp3) is 0.222. The molecule has 1 heterocycles. The van der Waals surface area contributed by atoms with Crippen molar-refractivity contribution in [3.8, 4) is 0 Å². The molecule has 0 saturated heterocycles. The minimum Gasteiger partial charge on any atom is -0.512 e. The number of benzene rings is 2. The molecule has 124 valence electrons. The van der Waals surface area contributed by atoms with E-state index in [1.165, 1.54) is 0 Å². The number of hydrogen-bond acceptors (Lipinski definition) is 3. The molecule has 0 bridgehead atoms. The molecule has 0 fully saturated rings. The van der Waals surface area contributed by atoms with E-state index in [9.17, 15) is 4.79 Å². The third kappa shape index (κ3) is 3.07. The lowest BCUT2D eigenvalue weighted by atomic mass is 10.2. The molecular weight excluding hydrogens is 332 g/mol. The summed E-state index contributed by atoms with van der Waals surface area (Å²) in [5, 5.41) is 0. The zero-order valence-corrected chi connectivity index (χ0v) is 16.5. The molecule has 1 amide bonds. The SMILES string of the molecule is C[Si]1(C)N=C(c2ccccc2)O[Si](C)(C)N1C(=O)c1ccccc1. The van der Waals surface area contributed by atoms with Crippen LogP contribution in [0.4, 0.5) is 0 Å². The van der Waals surface area contributed by atoms with Crippen LogP contribution in [0.3, 0.4) is 0 Å². The highest BCUT2D eigenvalue weighted by Gasteiger charge is 2.51. The monoisotopic (exact) mass is 354 g/mol. The van der Waals surface area contributed by atoms with Gasteiger partial charge in [0.2, 0.25) is 5.91 Å².